The molecule has 0 radical (unpaired) electrons. The number of carbonyl (C=O) groups excluding carboxylic acids is 2. The number of hydrogen-bond acceptors (Lipinski definition) is 4. The fraction of sp³-hybridized carbons (Fsp3) is 0.158. The minimum absolute atomic E-state index is 0.130. The number of carbonyl (C=O) groups is 2. The molecule has 128 valence electrons. The van der Waals surface area contributed by atoms with Gasteiger partial charge in [-0.25, -0.2) is 4.79 Å². The largest absolute Gasteiger partial charge is 0.487 e. The monoisotopic (exact) mass is 357 g/mol. The number of benzene rings is 2. The first-order chi connectivity index (χ1) is 12.0. The number of aromatic nitrogens is 1. The lowest BCUT2D eigenvalue weighted by molar-refractivity contribution is -0.135. The third-order valence-corrected chi connectivity index (χ3v) is 4.27. The topological polar surface area (TPSA) is 57.5 Å². The Morgan fingerprint density at radius 3 is 2.44 bits per heavy atom. The van der Waals surface area contributed by atoms with Gasteiger partial charge in [0.2, 0.25) is 0 Å². The Morgan fingerprint density at radius 2 is 1.76 bits per heavy atom. The van der Waals surface area contributed by atoms with Crippen LogP contribution >= 0.6 is 11.6 Å². The van der Waals surface area contributed by atoms with Gasteiger partial charge in [0.1, 0.15) is 12.4 Å². The number of halogens is 1. The van der Waals surface area contributed by atoms with Crippen LogP contribution in [0.2, 0.25) is 5.02 Å². The van der Waals surface area contributed by atoms with E-state index < -0.39 is 11.8 Å². The minimum atomic E-state index is -0.899. The molecule has 6 heteroatoms. The summed E-state index contributed by atoms with van der Waals surface area (Å²) in [7, 11) is 3.02. The van der Waals surface area contributed by atoms with E-state index in [0.717, 1.165) is 5.52 Å². The summed E-state index contributed by atoms with van der Waals surface area (Å²) in [4.78, 5) is 24.3. The van der Waals surface area contributed by atoms with Gasteiger partial charge in [0.15, 0.2) is 0 Å². The Bertz CT molecular complexity index is 944. The van der Waals surface area contributed by atoms with Crippen LogP contribution in [0.15, 0.2) is 48.5 Å². The molecule has 2 aromatic carbocycles. The van der Waals surface area contributed by atoms with Crippen LogP contribution in [0.25, 0.3) is 10.9 Å². The molecule has 0 aliphatic rings. The van der Waals surface area contributed by atoms with Gasteiger partial charge in [-0.3, -0.25) is 4.79 Å². The number of ketones is 1. The van der Waals surface area contributed by atoms with Crippen LogP contribution in [0, 0.1) is 0 Å². The first-order valence-corrected chi connectivity index (χ1v) is 7.98. The molecule has 5 nitrogen and oxygen atoms in total. The second kappa shape index (κ2) is 6.99. The quantitative estimate of drug-likeness (QED) is 0.396. The van der Waals surface area contributed by atoms with Gasteiger partial charge in [-0.2, -0.15) is 0 Å². The summed E-state index contributed by atoms with van der Waals surface area (Å²) in [6.07, 6.45) is 0. The summed E-state index contributed by atoms with van der Waals surface area (Å²) in [6, 6.07) is 14.3. The fourth-order valence-electron chi connectivity index (χ4n) is 2.75. The second-order valence-corrected chi connectivity index (χ2v) is 5.90. The van der Waals surface area contributed by atoms with Gasteiger partial charge >= 0.3 is 5.97 Å². The van der Waals surface area contributed by atoms with Crippen LogP contribution in [0.5, 0.6) is 5.75 Å². The van der Waals surface area contributed by atoms with Gasteiger partial charge < -0.3 is 14.0 Å². The first-order valence-electron chi connectivity index (χ1n) is 7.60. The van der Waals surface area contributed by atoms with Crippen molar-refractivity contribution in [2.24, 2.45) is 7.05 Å². The van der Waals surface area contributed by atoms with Crippen molar-refractivity contribution < 1.29 is 19.1 Å². The fourth-order valence-corrected chi connectivity index (χ4v) is 2.87. The van der Waals surface area contributed by atoms with Crippen LogP contribution in [-0.2, 0) is 23.2 Å². The Kier molecular flexibility index (Phi) is 4.76. The number of aryl methyl sites for hydroxylation is 1. The molecule has 3 aromatic rings. The van der Waals surface area contributed by atoms with Gasteiger partial charge in [0.25, 0.3) is 5.78 Å². The molecule has 0 aliphatic carbocycles. The molecule has 0 saturated heterocycles. The van der Waals surface area contributed by atoms with Crippen LogP contribution in [-0.4, -0.2) is 23.4 Å². The van der Waals surface area contributed by atoms with Crippen LogP contribution < -0.4 is 4.74 Å². The van der Waals surface area contributed by atoms with Crippen LogP contribution in [0.3, 0.4) is 0 Å². The molecule has 0 saturated carbocycles. The van der Waals surface area contributed by atoms with Crippen LogP contribution in [0.1, 0.15) is 16.1 Å². The summed E-state index contributed by atoms with van der Waals surface area (Å²) in [5.41, 5.74) is 1.75. The predicted molar refractivity (Wildman–Crippen MR) is 95.0 cm³/mol. The highest BCUT2D eigenvalue weighted by Crippen LogP contribution is 2.27. The molecular weight excluding hydrogens is 342 g/mol. The maximum absolute atomic E-state index is 12.5. The van der Waals surface area contributed by atoms with Crippen molar-refractivity contribution in [1.29, 1.82) is 0 Å². The minimum Gasteiger partial charge on any atom is -0.487 e. The zero-order valence-electron chi connectivity index (χ0n) is 13.8. The van der Waals surface area contributed by atoms with Gasteiger partial charge in [0, 0.05) is 23.0 Å². The van der Waals surface area contributed by atoms with Gasteiger partial charge in [-0.15, -0.1) is 0 Å². The predicted octanol–water partition coefficient (Wildman–Crippen LogP) is 3.77. The van der Waals surface area contributed by atoms with Gasteiger partial charge in [0.05, 0.1) is 18.4 Å². The zero-order valence-corrected chi connectivity index (χ0v) is 14.5. The van der Waals surface area contributed by atoms with E-state index >= 15 is 0 Å². The lowest BCUT2D eigenvalue weighted by Gasteiger charge is -2.09. The summed E-state index contributed by atoms with van der Waals surface area (Å²) in [5.74, 6) is -0.968. The highest BCUT2D eigenvalue weighted by Gasteiger charge is 2.26. The van der Waals surface area contributed by atoms with Gasteiger partial charge in [-0.05, 0) is 30.3 Å². The van der Waals surface area contributed by atoms with Gasteiger partial charge in [-0.1, -0.05) is 29.8 Å². The smallest absolute Gasteiger partial charge is 0.379 e. The molecule has 0 amide bonds. The standard InChI is InChI=1S/C19H16ClNO4/c1-21-15-6-4-3-5-14(15)17(18(22)19(23)24-2)16(21)11-25-13-9-7-12(20)8-10-13/h3-10H,11H2,1-2H3. The molecule has 0 spiro atoms. The van der Waals surface area contributed by atoms with E-state index in [1.54, 1.807) is 30.3 Å². The van der Waals surface area contributed by atoms with E-state index in [1.165, 1.54) is 7.11 Å². The molecule has 3 rings (SSSR count). The maximum Gasteiger partial charge on any atom is 0.379 e. The molecule has 1 heterocycles. The van der Waals surface area contributed by atoms with E-state index in [1.807, 2.05) is 29.8 Å². The molecule has 0 fully saturated rings. The molecule has 0 bridgehead atoms. The number of nitrogens with zero attached hydrogens (tertiary/aromatic N) is 1. The Hall–Kier alpha value is -2.79. The summed E-state index contributed by atoms with van der Waals surface area (Å²) < 4.78 is 12.2. The third kappa shape index (κ3) is 3.23. The Balaban J connectivity index is 2.03. The van der Waals surface area contributed by atoms with Crippen molar-refractivity contribution in [2.45, 2.75) is 6.61 Å². The molecule has 0 aliphatic heterocycles. The van der Waals surface area contributed by atoms with Crippen molar-refractivity contribution in [3.05, 3.63) is 64.8 Å². The first kappa shape index (κ1) is 17.0. The number of fused-ring (bicyclic) bond motifs is 1. The average molecular weight is 358 g/mol. The number of ether oxygens (including phenoxy) is 2. The highest BCUT2D eigenvalue weighted by molar-refractivity contribution is 6.43. The van der Waals surface area contributed by atoms with Crippen molar-refractivity contribution in [2.75, 3.05) is 7.11 Å². The molecule has 0 N–H and O–H groups in total. The number of methoxy groups -OCH3 is 1. The third-order valence-electron chi connectivity index (χ3n) is 4.02. The number of rotatable bonds is 5. The number of esters is 1. The molecule has 1 aromatic heterocycles. The van der Waals surface area contributed by atoms with E-state index in [-0.39, 0.29) is 6.61 Å². The Labute approximate surface area is 149 Å². The lowest BCUT2D eigenvalue weighted by Crippen LogP contribution is -2.18. The number of hydrogen-bond donors (Lipinski definition) is 0. The number of Topliss-reactive ketones (excluding diaryl/α,β-unsaturated/α-hetero) is 1. The van der Waals surface area contributed by atoms with E-state index in [2.05, 4.69) is 4.74 Å². The second-order valence-electron chi connectivity index (χ2n) is 5.46. The normalized spacial score (nSPS) is 10.7. The highest BCUT2D eigenvalue weighted by atomic mass is 35.5. The van der Waals surface area contributed by atoms with Crippen molar-refractivity contribution in [1.82, 2.24) is 4.57 Å². The van der Waals surface area contributed by atoms with E-state index in [0.29, 0.717) is 27.4 Å². The summed E-state index contributed by atoms with van der Waals surface area (Å²) in [6.45, 7) is 0.130. The van der Waals surface area contributed by atoms with Crippen molar-refractivity contribution >= 4 is 34.3 Å². The van der Waals surface area contributed by atoms with E-state index in [4.69, 9.17) is 16.3 Å². The SMILES string of the molecule is COC(=O)C(=O)c1c(COc2ccc(Cl)cc2)n(C)c2ccccc12. The maximum atomic E-state index is 12.5. The zero-order chi connectivity index (χ0) is 18.0. The van der Waals surface area contributed by atoms with Crippen molar-refractivity contribution in [3.8, 4) is 5.75 Å². The molecule has 0 atom stereocenters. The Morgan fingerprint density at radius 1 is 1.08 bits per heavy atom. The number of para-hydroxylation sites is 1. The lowest BCUT2D eigenvalue weighted by atomic mass is 10.1. The summed E-state index contributed by atoms with van der Waals surface area (Å²) >= 11 is 5.87. The molecule has 25 heavy (non-hydrogen) atoms. The van der Waals surface area contributed by atoms with E-state index in [9.17, 15) is 9.59 Å². The summed E-state index contributed by atoms with van der Waals surface area (Å²) in [5, 5.41) is 1.30. The van der Waals surface area contributed by atoms with Crippen LogP contribution in [0.4, 0.5) is 0 Å². The molecule has 0 unspecified atom stereocenters. The molecular formula is C19H16ClNO4. The average Bonchev–Trinajstić information content (AvgIpc) is 2.92. The van der Waals surface area contributed by atoms with Crippen molar-refractivity contribution in [3.63, 3.8) is 0 Å².